The molecule has 1 saturated carbocycles. The standard InChI is InChI=1S/C21H41NO2/c1-4-5-6-7-8-9-10-11-12-13-14-15-16-17-21(24)18(22)19(23)20(21,2)3/h16-19,23-24H,4-15,22H2,1-3H3/t18-,19?,21-/m0/s1. The Bertz CT molecular complexity index is 367. The average Bonchev–Trinajstić information content (AvgIpc) is 2.57. The average molecular weight is 340 g/mol. The Balaban J connectivity index is 1.99. The van der Waals surface area contributed by atoms with Gasteiger partial charge < -0.3 is 15.9 Å². The van der Waals surface area contributed by atoms with Crippen LogP contribution < -0.4 is 5.73 Å². The first kappa shape index (κ1) is 21.7. The van der Waals surface area contributed by atoms with E-state index in [0.29, 0.717) is 0 Å². The summed E-state index contributed by atoms with van der Waals surface area (Å²) in [6.45, 7) is 6.00. The van der Waals surface area contributed by atoms with Gasteiger partial charge in [0.1, 0.15) is 5.60 Å². The highest BCUT2D eigenvalue weighted by Crippen LogP contribution is 2.49. The van der Waals surface area contributed by atoms with Crippen molar-refractivity contribution in [1.82, 2.24) is 0 Å². The van der Waals surface area contributed by atoms with Crippen LogP contribution in [0.1, 0.15) is 97.8 Å². The third-order valence-electron chi connectivity index (χ3n) is 5.97. The second kappa shape index (κ2) is 10.6. The fourth-order valence-corrected chi connectivity index (χ4v) is 3.78. The van der Waals surface area contributed by atoms with E-state index in [1.807, 2.05) is 26.0 Å². The van der Waals surface area contributed by atoms with Crippen molar-refractivity contribution in [3.8, 4) is 0 Å². The van der Waals surface area contributed by atoms with Crippen LogP contribution in [-0.4, -0.2) is 28.0 Å². The highest BCUT2D eigenvalue weighted by Gasteiger charge is 2.63. The van der Waals surface area contributed by atoms with Crippen molar-refractivity contribution >= 4 is 0 Å². The van der Waals surface area contributed by atoms with Crippen LogP contribution >= 0.6 is 0 Å². The Labute approximate surface area is 149 Å². The van der Waals surface area contributed by atoms with E-state index in [1.165, 1.54) is 70.6 Å². The van der Waals surface area contributed by atoms with Gasteiger partial charge in [-0.05, 0) is 12.8 Å². The fourth-order valence-electron chi connectivity index (χ4n) is 3.78. The Morgan fingerprint density at radius 3 is 1.79 bits per heavy atom. The summed E-state index contributed by atoms with van der Waals surface area (Å²) in [4.78, 5) is 0. The number of aliphatic hydroxyl groups excluding tert-OH is 1. The van der Waals surface area contributed by atoms with Gasteiger partial charge in [-0.25, -0.2) is 0 Å². The van der Waals surface area contributed by atoms with E-state index in [9.17, 15) is 10.2 Å². The highest BCUT2D eigenvalue weighted by molar-refractivity contribution is 5.26. The van der Waals surface area contributed by atoms with Crippen LogP contribution in [0.5, 0.6) is 0 Å². The molecule has 0 aromatic rings. The summed E-state index contributed by atoms with van der Waals surface area (Å²) in [5.74, 6) is 0. The van der Waals surface area contributed by atoms with Gasteiger partial charge in [-0.3, -0.25) is 0 Å². The van der Waals surface area contributed by atoms with E-state index in [1.54, 1.807) is 0 Å². The summed E-state index contributed by atoms with van der Waals surface area (Å²) in [5, 5.41) is 20.4. The topological polar surface area (TPSA) is 66.5 Å². The van der Waals surface area contributed by atoms with Gasteiger partial charge in [-0.2, -0.15) is 0 Å². The summed E-state index contributed by atoms with van der Waals surface area (Å²) in [7, 11) is 0. The zero-order valence-electron chi connectivity index (χ0n) is 16.3. The Morgan fingerprint density at radius 2 is 1.33 bits per heavy atom. The lowest BCUT2D eigenvalue weighted by molar-refractivity contribution is -0.213. The molecule has 3 heteroatoms. The lowest BCUT2D eigenvalue weighted by Crippen LogP contribution is -2.77. The molecular formula is C21H41NO2. The first-order valence-corrected chi connectivity index (χ1v) is 10.2. The van der Waals surface area contributed by atoms with Crippen LogP contribution in [0.3, 0.4) is 0 Å². The Morgan fingerprint density at radius 1 is 0.875 bits per heavy atom. The molecule has 0 saturated heterocycles. The first-order valence-electron chi connectivity index (χ1n) is 10.2. The fraction of sp³-hybridized carbons (Fsp3) is 0.905. The Hall–Kier alpha value is -0.380. The number of allylic oxidation sites excluding steroid dienone is 1. The predicted octanol–water partition coefficient (Wildman–Crippen LogP) is 4.70. The van der Waals surface area contributed by atoms with Crippen molar-refractivity contribution in [1.29, 1.82) is 0 Å². The molecule has 0 spiro atoms. The molecule has 4 N–H and O–H groups in total. The van der Waals surface area contributed by atoms with E-state index in [2.05, 4.69) is 6.92 Å². The smallest absolute Gasteiger partial charge is 0.108 e. The molecule has 1 fully saturated rings. The zero-order valence-corrected chi connectivity index (χ0v) is 16.3. The lowest BCUT2D eigenvalue weighted by Gasteiger charge is -2.59. The van der Waals surface area contributed by atoms with Crippen molar-refractivity contribution in [2.75, 3.05) is 0 Å². The lowest BCUT2D eigenvalue weighted by atomic mass is 9.53. The van der Waals surface area contributed by atoms with E-state index < -0.39 is 23.2 Å². The maximum absolute atomic E-state index is 10.6. The van der Waals surface area contributed by atoms with Gasteiger partial charge in [0.25, 0.3) is 0 Å². The van der Waals surface area contributed by atoms with E-state index in [0.717, 1.165) is 6.42 Å². The summed E-state index contributed by atoms with van der Waals surface area (Å²) >= 11 is 0. The molecule has 1 aliphatic carbocycles. The molecule has 1 aliphatic rings. The number of nitrogens with two attached hydrogens (primary N) is 1. The monoisotopic (exact) mass is 339 g/mol. The van der Waals surface area contributed by atoms with Crippen LogP contribution in [0.4, 0.5) is 0 Å². The van der Waals surface area contributed by atoms with E-state index >= 15 is 0 Å². The summed E-state index contributed by atoms with van der Waals surface area (Å²) in [5.41, 5.74) is 4.25. The molecule has 24 heavy (non-hydrogen) atoms. The van der Waals surface area contributed by atoms with Gasteiger partial charge in [0.15, 0.2) is 0 Å². The summed E-state index contributed by atoms with van der Waals surface area (Å²) in [6, 6.07) is -0.568. The second-order valence-electron chi connectivity index (χ2n) is 8.24. The van der Waals surface area contributed by atoms with Gasteiger partial charge in [0.05, 0.1) is 12.1 Å². The van der Waals surface area contributed by atoms with Crippen LogP contribution in [0.2, 0.25) is 0 Å². The van der Waals surface area contributed by atoms with Crippen molar-refractivity contribution in [3.63, 3.8) is 0 Å². The molecule has 0 amide bonds. The number of hydrogen-bond donors (Lipinski definition) is 3. The minimum absolute atomic E-state index is 0.556. The molecule has 1 rings (SSSR count). The molecule has 0 aromatic carbocycles. The van der Waals surface area contributed by atoms with Gasteiger partial charge in [0, 0.05) is 5.41 Å². The minimum atomic E-state index is -1.07. The first-order chi connectivity index (χ1) is 11.4. The predicted molar refractivity (Wildman–Crippen MR) is 103 cm³/mol. The molecule has 0 radical (unpaired) electrons. The molecule has 0 heterocycles. The zero-order chi connectivity index (χ0) is 18.1. The molecule has 142 valence electrons. The second-order valence-corrected chi connectivity index (χ2v) is 8.24. The van der Waals surface area contributed by atoms with Gasteiger partial charge >= 0.3 is 0 Å². The SMILES string of the molecule is CCCCCCCCCCCCCC=C[C@]1(O)[C@@H](N)C(O)C1(C)C. The highest BCUT2D eigenvalue weighted by atomic mass is 16.3. The Kier molecular flexibility index (Phi) is 9.54. The normalized spacial score (nSPS) is 29.1. The maximum atomic E-state index is 10.6. The van der Waals surface area contributed by atoms with Crippen LogP contribution in [0.25, 0.3) is 0 Å². The molecular weight excluding hydrogens is 298 g/mol. The number of hydrogen-bond acceptors (Lipinski definition) is 3. The van der Waals surface area contributed by atoms with Crippen molar-refractivity contribution < 1.29 is 10.2 Å². The third kappa shape index (κ3) is 5.57. The van der Waals surface area contributed by atoms with Gasteiger partial charge in [0.2, 0.25) is 0 Å². The van der Waals surface area contributed by atoms with Crippen LogP contribution in [0.15, 0.2) is 12.2 Å². The molecule has 3 atom stereocenters. The minimum Gasteiger partial charge on any atom is -0.391 e. The maximum Gasteiger partial charge on any atom is 0.108 e. The third-order valence-corrected chi connectivity index (χ3v) is 5.97. The van der Waals surface area contributed by atoms with Crippen molar-refractivity contribution in [2.45, 2.75) is 116 Å². The van der Waals surface area contributed by atoms with Gasteiger partial charge in [-0.15, -0.1) is 0 Å². The molecule has 1 unspecified atom stereocenters. The number of rotatable bonds is 13. The van der Waals surface area contributed by atoms with Crippen molar-refractivity contribution in [2.24, 2.45) is 11.1 Å². The van der Waals surface area contributed by atoms with Crippen LogP contribution in [0, 0.1) is 5.41 Å². The van der Waals surface area contributed by atoms with E-state index in [-0.39, 0.29) is 0 Å². The molecule has 0 bridgehead atoms. The van der Waals surface area contributed by atoms with Crippen LogP contribution in [-0.2, 0) is 0 Å². The molecule has 3 nitrogen and oxygen atoms in total. The number of aliphatic hydroxyl groups is 2. The van der Waals surface area contributed by atoms with Gasteiger partial charge in [-0.1, -0.05) is 97.1 Å². The number of unbranched alkanes of at least 4 members (excludes halogenated alkanes) is 11. The van der Waals surface area contributed by atoms with E-state index in [4.69, 9.17) is 5.73 Å². The van der Waals surface area contributed by atoms with Crippen molar-refractivity contribution in [3.05, 3.63) is 12.2 Å². The largest absolute Gasteiger partial charge is 0.391 e. The summed E-state index contributed by atoms with van der Waals surface area (Å²) in [6.07, 6.45) is 19.0. The molecule has 0 aromatic heterocycles. The summed E-state index contributed by atoms with van der Waals surface area (Å²) < 4.78 is 0. The molecule has 0 aliphatic heterocycles. The quantitative estimate of drug-likeness (QED) is 0.336.